The number of carbonyl (C=O) groups excluding carboxylic acids is 1. The summed E-state index contributed by atoms with van der Waals surface area (Å²) in [5, 5.41) is 11.6. The number of piperazine rings is 1. The molecule has 2 N–H and O–H groups in total. The molecule has 2 aromatic rings. The number of aromatic nitrogens is 1. The zero-order chi connectivity index (χ0) is 18.4. The zero-order valence-electron chi connectivity index (χ0n) is 15.1. The van der Waals surface area contributed by atoms with E-state index >= 15 is 0 Å². The first-order valence-corrected chi connectivity index (χ1v) is 8.96. The monoisotopic (exact) mass is 362 g/mol. The van der Waals surface area contributed by atoms with E-state index in [2.05, 4.69) is 15.2 Å². The summed E-state index contributed by atoms with van der Waals surface area (Å²) in [4.78, 5) is 20.8. The molecule has 0 bridgehead atoms. The van der Waals surface area contributed by atoms with Crippen LogP contribution in [0.5, 0.6) is 0 Å². The number of fused-ring (bicyclic) bond motifs is 1. The number of aryl methyl sites for hydroxylation is 1. The number of amides is 2. The summed E-state index contributed by atoms with van der Waals surface area (Å²) in [6.45, 7) is 7.10. The first-order chi connectivity index (χ1) is 12.7. The molecule has 1 saturated heterocycles. The van der Waals surface area contributed by atoms with Gasteiger partial charge in [0.1, 0.15) is 5.52 Å². The molecule has 8 nitrogen and oxygen atoms in total. The Morgan fingerprint density at radius 1 is 1.31 bits per heavy atom. The van der Waals surface area contributed by atoms with Gasteiger partial charge in [0.25, 0.3) is 0 Å². The van der Waals surface area contributed by atoms with E-state index < -0.39 is 0 Å². The van der Waals surface area contributed by atoms with Gasteiger partial charge in [0.15, 0.2) is 5.58 Å². The molecule has 142 valence electrons. The van der Waals surface area contributed by atoms with Crippen LogP contribution in [0.4, 0.5) is 4.79 Å². The molecule has 1 aromatic carbocycles. The average molecular weight is 362 g/mol. The molecule has 1 aliphatic heterocycles. The number of rotatable bonds is 7. The Kier molecular flexibility index (Phi) is 6.43. The Morgan fingerprint density at radius 2 is 2.12 bits per heavy atom. The van der Waals surface area contributed by atoms with E-state index in [0.717, 1.165) is 36.3 Å². The molecular weight excluding hydrogens is 336 g/mol. The van der Waals surface area contributed by atoms with Crippen molar-refractivity contribution >= 4 is 17.1 Å². The Bertz CT molecular complexity index is 725. The van der Waals surface area contributed by atoms with Gasteiger partial charge in [-0.3, -0.25) is 4.90 Å². The Balaban J connectivity index is 1.42. The largest absolute Gasteiger partial charge is 0.439 e. The lowest BCUT2D eigenvalue weighted by atomic mass is 10.2. The summed E-state index contributed by atoms with van der Waals surface area (Å²) in [7, 11) is 0. The quantitative estimate of drug-likeness (QED) is 0.714. The second-order valence-electron chi connectivity index (χ2n) is 6.35. The third-order valence-corrected chi connectivity index (χ3v) is 4.50. The molecule has 1 aromatic heterocycles. The van der Waals surface area contributed by atoms with Crippen LogP contribution < -0.4 is 5.32 Å². The Hall–Kier alpha value is -2.16. The highest BCUT2D eigenvalue weighted by Crippen LogP contribution is 2.18. The standard InChI is InChI=1S/C18H26N4O4/c1-14-3-2-4-15-17(14)20-16(26-15)13-19-18(24)22-7-5-21(6-8-22)9-11-25-12-10-23/h2-4,23H,5-13H2,1H3,(H,19,24). The molecule has 2 heterocycles. The third-order valence-electron chi connectivity index (χ3n) is 4.50. The van der Waals surface area contributed by atoms with Crippen LogP contribution in [0.15, 0.2) is 22.6 Å². The van der Waals surface area contributed by atoms with E-state index in [0.29, 0.717) is 32.2 Å². The number of aliphatic hydroxyl groups is 1. The number of para-hydroxylation sites is 1. The van der Waals surface area contributed by atoms with Crippen LogP contribution in [0.2, 0.25) is 0 Å². The molecule has 0 aliphatic carbocycles. The fourth-order valence-corrected chi connectivity index (χ4v) is 3.01. The van der Waals surface area contributed by atoms with Crippen LogP contribution in [0.25, 0.3) is 11.1 Å². The van der Waals surface area contributed by atoms with Crippen molar-refractivity contribution in [3.8, 4) is 0 Å². The predicted octanol–water partition coefficient (Wildman–Crippen LogP) is 0.972. The summed E-state index contributed by atoms with van der Waals surface area (Å²) in [5.74, 6) is 0.516. The second kappa shape index (κ2) is 8.98. The van der Waals surface area contributed by atoms with Crippen LogP contribution in [0.1, 0.15) is 11.5 Å². The third kappa shape index (κ3) is 4.72. The van der Waals surface area contributed by atoms with E-state index in [1.807, 2.05) is 25.1 Å². The fraction of sp³-hybridized carbons (Fsp3) is 0.556. The van der Waals surface area contributed by atoms with Gasteiger partial charge in [-0.05, 0) is 18.6 Å². The molecular formula is C18H26N4O4. The van der Waals surface area contributed by atoms with E-state index in [1.54, 1.807) is 4.90 Å². The topological polar surface area (TPSA) is 91.1 Å². The number of urea groups is 1. The highest BCUT2D eigenvalue weighted by atomic mass is 16.5. The number of hydrogen-bond acceptors (Lipinski definition) is 6. The maximum absolute atomic E-state index is 12.3. The summed E-state index contributed by atoms with van der Waals surface area (Å²) < 4.78 is 11.0. The van der Waals surface area contributed by atoms with Gasteiger partial charge in [0, 0.05) is 32.7 Å². The molecule has 1 aliphatic rings. The van der Waals surface area contributed by atoms with Crippen molar-refractivity contribution in [2.24, 2.45) is 0 Å². The van der Waals surface area contributed by atoms with Gasteiger partial charge < -0.3 is 24.5 Å². The first kappa shape index (κ1) is 18.6. The zero-order valence-corrected chi connectivity index (χ0v) is 15.1. The number of oxazole rings is 1. The number of aliphatic hydroxyl groups excluding tert-OH is 1. The van der Waals surface area contributed by atoms with Crippen molar-refractivity contribution in [1.29, 1.82) is 0 Å². The summed E-state index contributed by atoms with van der Waals surface area (Å²) in [6.07, 6.45) is 0. The van der Waals surface area contributed by atoms with Crippen LogP contribution >= 0.6 is 0 Å². The van der Waals surface area contributed by atoms with E-state index in [1.165, 1.54) is 0 Å². The Labute approximate surface area is 152 Å². The lowest BCUT2D eigenvalue weighted by Gasteiger charge is -2.34. The van der Waals surface area contributed by atoms with Gasteiger partial charge >= 0.3 is 6.03 Å². The lowest BCUT2D eigenvalue weighted by Crippen LogP contribution is -2.52. The van der Waals surface area contributed by atoms with Gasteiger partial charge in [0.05, 0.1) is 26.4 Å². The maximum Gasteiger partial charge on any atom is 0.317 e. The molecule has 2 amide bonds. The maximum atomic E-state index is 12.3. The van der Waals surface area contributed by atoms with Gasteiger partial charge in [-0.15, -0.1) is 0 Å². The second-order valence-corrected chi connectivity index (χ2v) is 6.35. The number of nitrogens with zero attached hydrogens (tertiary/aromatic N) is 3. The van der Waals surface area contributed by atoms with Crippen molar-refractivity contribution in [3.05, 3.63) is 29.7 Å². The van der Waals surface area contributed by atoms with Crippen molar-refractivity contribution < 1.29 is 19.1 Å². The van der Waals surface area contributed by atoms with Gasteiger partial charge in [-0.1, -0.05) is 12.1 Å². The van der Waals surface area contributed by atoms with Crippen molar-refractivity contribution in [2.75, 3.05) is 52.5 Å². The predicted molar refractivity (Wildman–Crippen MR) is 96.9 cm³/mol. The highest BCUT2D eigenvalue weighted by Gasteiger charge is 2.21. The minimum atomic E-state index is -0.0971. The minimum Gasteiger partial charge on any atom is -0.439 e. The molecule has 8 heteroatoms. The summed E-state index contributed by atoms with van der Waals surface area (Å²) in [5.41, 5.74) is 2.64. The average Bonchev–Trinajstić information content (AvgIpc) is 3.08. The molecule has 0 atom stereocenters. The van der Waals surface area contributed by atoms with Crippen molar-refractivity contribution in [2.45, 2.75) is 13.5 Å². The molecule has 0 radical (unpaired) electrons. The fourth-order valence-electron chi connectivity index (χ4n) is 3.01. The van der Waals surface area contributed by atoms with Crippen LogP contribution in [-0.4, -0.2) is 78.5 Å². The van der Waals surface area contributed by atoms with E-state index in [-0.39, 0.29) is 19.2 Å². The van der Waals surface area contributed by atoms with Gasteiger partial charge in [0.2, 0.25) is 5.89 Å². The van der Waals surface area contributed by atoms with Gasteiger partial charge in [-0.25, -0.2) is 9.78 Å². The van der Waals surface area contributed by atoms with Gasteiger partial charge in [-0.2, -0.15) is 0 Å². The highest BCUT2D eigenvalue weighted by molar-refractivity contribution is 5.76. The SMILES string of the molecule is Cc1cccc2oc(CNC(=O)N3CCN(CCOCCO)CC3)nc12. The molecule has 0 unspecified atom stereocenters. The van der Waals surface area contributed by atoms with Crippen LogP contribution in [0.3, 0.4) is 0 Å². The summed E-state index contributed by atoms with van der Waals surface area (Å²) >= 11 is 0. The number of carbonyl (C=O) groups is 1. The Morgan fingerprint density at radius 3 is 2.85 bits per heavy atom. The normalized spacial score (nSPS) is 15.5. The lowest BCUT2D eigenvalue weighted by molar-refractivity contribution is 0.0618. The molecule has 1 fully saturated rings. The molecule has 0 spiro atoms. The molecule has 26 heavy (non-hydrogen) atoms. The molecule has 3 rings (SSSR count). The number of nitrogens with one attached hydrogen (secondary N) is 1. The van der Waals surface area contributed by atoms with Crippen LogP contribution in [-0.2, 0) is 11.3 Å². The van der Waals surface area contributed by atoms with E-state index in [9.17, 15) is 4.79 Å². The van der Waals surface area contributed by atoms with E-state index in [4.69, 9.17) is 14.3 Å². The minimum absolute atomic E-state index is 0.0492. The first-order valence-electron chi connectivity index (χ1n) is 8.96. The van der Waals surface area contributed by atoms with Crippen molar-refractivity contribution in [3.63, 3.8) is 0 Å². The van der Waals surface area contributed by atoms with Crippen LogP contribution in [0, 0.1) is 6.92 Å². The van der Waals surface area contributed by atoms with Crippen molar-refractivity contribution in [1.82, 2.24) is 20.1 Å². The summed E-state index contributed by atoms with van der Waals surface area (Å²) in [6, 6.07) is 5.70. The smallest absolute Gasteiger partial charge is 0.317 e. The number of ether oxygens (including phenoxy) is 1. The molecule has 0 saturated carbocycles. The number of benzene rings is 1. The number of hydrogen-bond donors (Lipinski definition) is 2.